The minimum Gasteiger partial charge on any atom is -0.503 e. The first-order chi connectivity index (χ1) is 18.6. The van der Waals surface area contributed by atoms with E-state index in [0.29, 0.717) is 28.8 Å². The lowest BCUT2D eigenvalue weighted by atomic mass is 9.59. The summed E-state index contributed by atoms with van der Waals surface area (Å²) in [5.74, 6) is -3.83. The second-order valence-corrected chi connectivity index (χ2v) is 12.1. The van der Waals surface area contributed by atoms with Gasteiger partial charge in [0.25, 0.3) is 0 Å². The zero-order chi connectivity index (χ0) is 27.7. The summed E-state index contributed by atoms with van der Waals surface area (Å²) in [5.41, 5.74) is 2.44. The van der Waals surface area contributed by atoms with Crippen molar-refractivity contribution in [2.75, 3.05) is 12.0 Å². The van der Waals surface area contributed by atoms with Crippen molar-refractivity contribution >= 4 is 72.5 Å². The predicted molar refractivity (Wildman–Crippen MR) is 151 cm³/mol. The number of carbonyl (C=O) groups is 4. The topological polar surface area (TPSA) is 101 Å². The number of halogens is 3. The van der Waals surface area contributed by atoms with Crippen LogP contribution in [0.25, 0.3) is 0 Å². The maximum Gasteiger partial charge on any atom is 0.238 e. The van der Waals surface area contributed by atoms with Crippen molar-refractivity contribution in [3.63, 3.8) is 0 Å². The standard InChI is InChI=1S/C29H20Br2ClNO6/c1-39-22-9-12(8-20(32)27(22)36)23-15-6-7-16-24(17(15)10-18-25(23)21(34)11-19(31)26(18)35)29(38)33(28(16)37)14-4-2-13(30)3-5-14/h2-6,8-9,11,16-17,23-24,36H,7,10H2,1H3/t16-,17+,23-,24-/m0/s1. The molecule has 1 saturated heterocycles. The molecular weight excluding hydrogens is 654 g/mol. The summed E-state index contributed by atoms with van der Waals surface area (Å²) < 4.78 is 6.29. The quantitative estimate of drug-likeness (QED) is 0.252. The summed E-state index contributed by atoms with van der Waals surface area (Å²) in [7, 11) is 1.39. The van der Waals surface area contributed by atoms with E-state index in [-0.39, 0.29) is 50.8 Å². The summed E-state index contributed by atoms with van der Waals surface area (Å²) in [6, 6.07) is 10.1. The van der Waals surface area contributed by atoms with Crippen molar-refractivity contribution in [1.29, 1.82) is 0 Å². The molecule has 4 atom stereocenters. The first-order valence-corrected chi connectivity index (χ1v) is 14.2. The predicted octanol–water partition coefficient (Wildman–Crippen LogP) is 5.78. The molecule has 0 saturated carbocycles. The minimum atomic E-state index is -0.704. The smallest absolute Gasteiger partial charge is 0.238 e. The Labute approximate surface area is 245 Å². The highest BCUT2D eigenvalue weighted by Gasteiger charge is 2.56. The van der Waals surface area contributed by atoms with E-state index < -0.39 is 23.7 Å². The molecule has 3 aliphatic carbocycles. The van der Waals surface area contributed by atoms with Crippen molar-refractivity contribution in [2.24, 2.45) is 17.8 Å². The van der Waals surface area contributed by atoms with Crippen LogP contribution in [0, 0.1) is 17.8 Å². The number of rotatable bonds is 3. The first kappa shape index (κ1) is 26.2. The van der Waals surface area contributed by atoms with Gasteiger partial charge in [-0.05, 0) is 76.7 Å². The Bertz CT molecular complexity index is 1590. The van der Waals surface area contributed by atoms with E-state index in [1.165, 1.54) is 18.1 Å². The Morgan fingerprint density at radius 1 is 1.03 bits per heavy atom. The van der Waals surface area contributed by atoms with Gasteiger partial charge in [-0.25, -0.2) is 0 Å². The summed E-state index contributed by atoms with van der Waals surface area (Å²) in [6.45, 7) is 0. The zero-order valence-electron chi connectivity index (χ0n) is 20.4. The maximum absolute atomic E-state index is 13.9. The fourth-order valence-electron chi connectivity index (χ4n) is 6.35. The lowest BCUT2D eigenvalue weighted by Crippen LogP contribution is -2.39. The molecule has 2 aromatic carbocycles. The van der Waals surface area contributed by atoms with Crippen LogP contribution in [0.2, 0.25) is 5.02 Å². The molecule has 7 nitrogen and oxygen atoms in total. The number of amides is 2. The van der Waals surface area contributed by atoms with Crippen LogP contribution < -0.4 is 9.64 Å². The Morgan fingerprint density at radius 3 is 2.44 bits per heavy atom. The molecule has 6 rings (SSSR count). The number of ether oxygens (including phenoxy) is 1. The Morgan fingerprint density at radius 2 is 1.74 bits per heavy atom. The number of carbonyl (C=O) groups excluding carboxylic acids is 4. The SMILES string of the molecule is COc1cc([C@H]2C3=CC[C@@H]4C(=O)N(c5ccc(Br)cc5)C(=O)[C@@H]4[C@@H]3CC3=C2C(=O)C=C(Br)C3=O)cc(Cl)c1O. The summed E-state index contributed by atoms with van der Waals surface area (Å²) in [5, 5.41) is 10.4. The number of aromatic hydroxyl groups is 1. The number of allylic oxidation sites excluding steroid dienone is 6. The average molecular weight is 674 g/mol. The van der Waals surface area contributed by atoms with Crippen molar-refractivity contribution in [3.8, 4) is 11.5 Å². The molecule has 0 bridgehead atoms. The third-order valence-electron chi connectivity index (χ3n) is 8.02. The molecule has 0 radical (unpaired) electrons. The highest BCUT2D eigenvalue weighted by atomic mass is 79.9. The van der Waals surface area contributed by atoms with E-state index in [1.807, 2.05) is 6.08 Å². The summed E-state index contributed by atoms with van der Waals surface area (Å²) in [4.78, 5) is 55.4. The fourth-order valence-corrected chi connectivity index (χ4v) is 7.28. The number of benzene rings is 2. The third kappa shape index (κ3) is 3.97. The molecule has 1 N–H and O–H groups in total. The summed E-state index contributed by atoms with van der Waals surface area (Å²) >= 11 is 12.9. The number of fused-ring (bicyclic) bond motifs is 3. The zero-order valence-corrected chi connectivity index (χ0v) is 24.3. The Balaban J connectivity index is 1.51. The molecule has 0 unspecified atom stereocenters. The van der Waals surface area contributed by atoms with Crippen molar-refractivity contribution in [1.82, 2.24) is 0 Å². The molecule has 2 amide bonds. The number of hydrogen-bond donors (Lipinski definition) is 1. The van der Waals surface area contributed by atoms with Crippen LogP contribution in [0.3, 0.4) is 0 Å². The van der Waals surface area contributed by atoms with Crippen LogP contribution in [0.15, 0.2) is 74.2 Å². The van der Waals surface area contributed by atoms with Gasteiger partial charge in [0.15, 0.2) is 23.1 Å². The van der Waals surface area contributed by atoms with Gasteiger partial charge in [0, 0.05) is 27.6 Å². The number of nitrogens with zero attached hydrogens (tertiary/aromatic N) is 1. The number of imide groups is 1. The molecule has 1 fully saturated rings. The number of ketones is 2. The molecule has 1 heterocycles. The molecule has 0 aromatic heterocycles. The van der Waals surface area contributed by atoms with Crippen LogP contribution in [0.5, 0.6) is 11.5 Å². The minimum absolute atomic E-state index is 0.0303. The van der Waals surface area contributed by atoms with Gasteiger partial charge in [-0.2, -0.15) is 0 Å². The van der Waals surface area contributed by atoms with Crippen molar-refractivity contribution in [3.05, 3.63) is 84.8 Å². The molecule has 0 spiro atoms. The third-order valence-corrected chi connectivity index (χ3v) is 9.43. The normalized spacial score (nSPS) is 26.2. The lowest BCUT2D eigenvalue weighted by molar-refractivity contribution is -0.123. The second kappa shape index (κ2) is 9.57. The molecule has 1 aliphatic heterocycles. The Hall–Kier alpha value is -3.01. The van der Waals surface area contributed by atoms with E-state index in [2.05, 4.69) is 31.9 Å². The first-order valence-electron chi connectivity index (χ1n) is 12.2. The number of Topliss-reactive ketones (excluding diaryl/α,β-unsaturated/α-hetero) is 1. The van der Waals surface area contributed by atoms with E-state index in [1.54, 1.807) is 36.4 Å². The van der Waals surface area contributed by atoms with Crippen LogP contribution in [0.1, 0.15) is 24.3 Å². The fraction of sp³-hybridized carbons (Fsp3) is 0.241. The monoisotopic (exact) mass is 671 g/mol. The van der Waals surface area contributed by atoms with Crippen molar-refractivity contribution < 1.29 is 29.0 Å². The highest BCUT2D eigenvalue weighted by Crippen LogP contribution is 2.56. The average Bonchev–Trinajstić information content (AvgIpc) is 3.18. The molecule has 10 heteroatoms. The van der Waals surface area contributed by atoms with Gasteiger partial charge in [-0.1, -0.05) is 39.2 Å². The number of anilines is 1. The van der Waals surface area contributed by atoms with Gasteiger partial charge in [0.2, 0.25) is 11.8 Å². The van der Waals surface area contributed by atoms with Crippen LogP contribution in [-0.2, 0) is 19.2 Å². The number of phenols is 1. The Kier molecular flexibility index (Phi) is 6.44. The highest BCUT2D eigenvalue weighted by molar-refractivity contribution is 9.12. The van der Waals surface area contributed by atoms with E-state index >= 15 is 0 Å². The molecule has 39 heavy (non-hydrogen) atoms. The van der Waals surface area contributed by atoms with Gasteiger partial charge in [-0.3, -0.25) is 24.1 Å². The molecule has 198 valence electrons. The van der Waals surface area contributed by atoms with Gasteiger partial charge in [-0.15, -0.1) is 0 Å². The second-order valence-electron chi connectivity index (χ2n) is 9.94. The van der Waals surface area contributed by atoms with Gasteiger partial charge in [0.1, 0.15) is 0 Å². The van der Waals surface area contributed by atoms with Gasteiger partial charge < -0.3 is 9.84 Å². The van der Waals surface area contributed by atoms with E-state index in [0.717, 1.165) is 10.0 Å². The molecule has 2 aromatic rings. The van der Waals surface area contributed by atoms with Crippen LogP contribution >= 0.6 is 43.5 Å². The molecular formula is C29H20Br2ClNO6. The number of phenolic OH excluding ortho intramolecular Hbond substituents is 1. The van der Waals surface area contributed by atoms with E-state index in [4.69, 9.17) is 16.3 Å². The van der Waals surface area contributed by atoms with Crippen LogP contribution in [0.4, 0.5) is 5.69 Å². The number of methoxy groups -OCH3 is 1. The lowest BCUT2D eigenvalue weighted by Gasteiger charge is -2.42. The van der Waals surface area contributed by atoms with Crippen molar-refractivity contribution in [2.45, 2.75) is 18.8 Å². The largest absolute Gasteiger partial charge is 0.503 e. The van der Waals surface area contributed by atoms with Gasteiger partial charge >= 0.3 is 0 Å². The van der Waals surface area contributed by atoms with Crippen LogP contribution in [-0.4, -0.2) is 35.6 Å². The molecule has 4 aliphatic rings. The van der Waals surface area contributed by atoms with Gasteiger partial charge in [0.05, 0.1) is 34.1 Å². The maximum atomic E-state index is 13.9. The van der Waals surface area contributed by atoms with E-state index in [9.17, 15) is 24.3 Å². The number of hydrogen-bond acceptors (Lipinski definition) is 6. The summed E-state index contributed by atoms with van der Waals surface area (Å²) in [6.07, 6.45) is 3.66.